The molecule has 0 saturated carbocycles. The number of nitrogens with two attached hydrogens (primary N) is 1. The van der Waals surface area contributed by atoms with Crippen molar-refractivity contribution in [3.63, 3.8) is 0 Å². The molecule has 1 aliphatic heterocycles. The number of rotatable bonds is 6. The molecule has 0 aliphatic carbocycles. The van der Waals surface area contributed by atoms with Crippen LogP contribution in [-0.4, -0.2) is 51.4 Å². The SMILES string of the molecule is CCn1ncnc1CN1CCCC1(COC)C(N)=O. The van der Waals surface area contributed by atoms with E-state index >= 15 is 0 Å². The molecule has 2 N–H and O–H groups in total. The van der Waals surface area contributed by atoms with Gasteiger partial charge in [-0.05, 0) is 26.3 Å². The predicted molar refractivity (Wildman–Crippen MR) is 69.1 cm³/mol. The first-order chi connectivity index (χ1) is 9.14. The number of aromatic nitrogens is 3. The average molecular weight is 267 g/mol. The van der Waals surface area contributed by atoms with Crippen molar-refractivity contribution < 1.29 is 9.53 Å². The van der Waals surface area contributed by atoms with Gasteiger partial charge in [0.2, 0.25) is 5.91 Å². The molecule has 1 aromatic heterocycles. The quantitative estimate of drug-likeness (QED) is 0.769. The highest BCUT2D eigenvalue weighted by Gasteiger charge is 2.46. The highest BCUT2D eigenvalue weighted by atomic mass is 16.5. The molecule has 106 valence electrons. The van der Waals surface area contributed by atoms with E-state index in [-0.39, 0.29) is 5.91 Å². The highest BCUT2D eigenvalue weighted by Crippen LogP contribution is 2.30. The van der Waals surface area contributed by atoms with E-state index in [0.29, 0.717) is 13.2 Å². The van der Waals surface area contributed by atoms with Crippen LogP contribution in [0, 0.1) is 0 Å². The first-order valence-electron chi connectivity index (χ1n) is 6.54. The molecule has 1 atom stereocenters. The van der Waals surface area contributed by atoms with Crippen molar-refractivity contribution in [3.8, 4) is 0 Å². The van der Waals surface area contributed by atoms with Gasteiger partial charge in [0.15, 0.2) is 0 Å². The minimum Gasteiger partial charge on any atom is -0.382 e. The van der Waals surface area contributed by atoms with Crippen LogP contribution < -0.4 is 5.73 Å². The summed E-state index contributed by atoms with van der Waals surface area (Å²) < 4.78 is 7.04. The molecule has 19 heavy (non-hydrogen) atoms. The van der Waals surface area contributed by atoms with E-state index < -0.39 is 5.54 Å². The van der Waals surface area contributed by atoms with Gasteiger partial charge in [-0.3, -0.25) is 9.69 Å². The smallest absolute Gasteiger partial charge is 0.240 e. The zero-order chi connectivity index (χ0) is 13.9. The summed E-state index contributed by atoms with van der Waals surface area (Å²) in [6.07, 6.45) is 3.21. The van der Waals surface area contributed by atoms with E-state index in [0.717, 1.165) is 31.8 Å². The van der Waals surface area contributed by atoms with Crippen LogP contribution in [0.5, 0.6) is 0 Å². The standard InChI is InChI=1S/C12H21N5O2/c1-3-17-10(14-9-15-17)7-16-6-4-5-12(16,8-19-2)11(13)18/h9H,3-8H2,1-2H3,(H2,13,18). The second-order valence-corrected chi connectivity index (χ2v) is 4.85. The molecule has 1 aromatic rings. The largest absolute Gasteiger partial charge is 0.382 e. The fourth-order valence-corrected chi connectivity index (χ4v) is 2.76. The molecular weight excluding hydrogens is 246 g/mol. The number of hydrogen-bond donors (Lipinski definition) is 1. The monoisotopic (exact) mass is 267 g/mol. The maximum atomic E-state index is 11.9. The Labute approximate surface area is 112 Å². The minimum absolute atomic E-state index is 0.322. The van der Waals surface area contributed by atoms with Gasteiger partial charge < -0.3 is 10.5 Å². The van der Waals surface area contributed by atoms with Gasteiger partial charge in [0.05, 0.1) is 13.2 Å². The van der Waals surface area contributed by atoms with Gasteiger partial charge >= 0.3 is 0 Å². The van der Waals surface area contributed by atoms with Crippen LogP contribution in [-0.2, 0) is 22.6 Å². The Bertz CT molecular complexity index is 447. The predicted octanol–water partition coefficient (Wildman–Crippen LogP) is -0.236. The van der Waals surface area contributed by atoms with Crippen LogP contribution >= 0.6 is 0 Å². The number of likely N-dealkylation sites (tertiary alicyclic amines) is 1. The van der Waals surface area contributed by atoms with Crippen molar-refractivity contribution in [1.29, 1.82) is 0 Å². The van der Waals surface area contributed by atoms with Gasteiger partial charge in [0, 0.05) is 13.7 Å². The van der Waals surface area contributed by atoms with E-state index in [1.54, 1.807) is 7.11 Å². The van der Waals surface area contributed by atoms with E-state index in [2.05, 4.69) is 15.0 Å². The summed E-state index contributed by atoms with van der Waals surface area (Å²) in [5.41, 5.74) is 4.90. The second-order valence-electron chi connectivity index (χ2n) is 4.85. The maximum absolute atomic E-state index is 11.9. The number of hydrogen-bond acceptors (Lipinski definition) is 5. The van der Waals surface area contributed by atoms with Crippen LogP contribution in [0.3, 0.4) is 0 Å². The maximum Gasteiger partial charge on any atom is 0.240 e. The minimum atomic E-state index is -0.709. The summed E-state index contributed by atoms with van der Waals surface area (Å²) in [5, 5.41) is 4.15. The van der Waals surface area contributed by atoms with Crippen molar-refractivity contribution in [2.45, 2.75) is 38.4 Å². The Morgan fingerprint density at radius 2 is 2.42 bits per heavy atom. The summed E-state index contributed by atoms with van der Waals surface area (Å²) >= 11 is 0. The van der Waals surface area contributed by atoms with Gasteiger partial charge in [-0.15, -0.1) is 0 Å². The fourth-order valence-electron chi connectivity index (χ4n) is 2.76. The van der Waals surface area contributed by atoms with E-state index in [1.165, 1.54) is 6.33 Å². The molecule has 1 saturated heterocycles. The zero-order valence-electron chi connectivity index (χ0n) is 11.5. The van der Waals surface area contributed by atoms with E-state index in [1.807, 2.05) is 11.6 Å². The number of aryl methyl sites for hydroxylation is 1. The molecule has 0 aromatic carbocycles. The van der Waals surface area contributed by atoms with E-state index in [4.69, 9.17) is 10.5 Å². The molecule has 0 spiro atoms. The zero-order valence-corrected chi connectivity index (χ0v) is 11.5. The lowest BCUT2D eigenvalue weighted by Gasteiger charge is -2.34. The third-order valence-corrected chi connectivity index (χ3v) is 3.79. The third kappa shape index (κ3) is 2.48. The Balaban J connectivity index is 2.20. The number of carbonyl (C=O) groups excluding carboxylic acids is 1. The van der Waals surface area contributed by atoms with Crippen LogP contribution in [0.15, 0.2) is 6.33 Å². The Kier molecular flexibility index (Phi) is 4.16. The van der Waals surface area contributed by atoms with Crippen molar-refractivity contribution >= 4 is 5.91 Å². The van der Waals surface area contributed by atoms with Crippen LogP contribution in [0.4, 0.5) is 0 Å². The van der Waals surface area contributed by atoms with E-state index in [9.17, 15) is 4.79 Å². The van der Waals surface area contributed by atoms with Crippen molar-refractivity contribution in [2.24, 2.45) is 5.73 Å². The van der Waals surface area contributed by atoms with Gasteiger partial charge in [-0.1, -0.05) is 0 Å². The Hall–Kier alpha value is -1.47. The first-order valence-corrected chi connectivity index (χ1v) is 6.54. The van der Waals surface area contributed by atoms with Gasteiger partial charge in [-0.25, -0.2) is 9.67 Å². The number of ether oxygens (including phenoxy) is 1. The molecular formula is C12H21N5O2. The molecule has 7 nitrogen and oxygen atoms in total. The van der Waals surface area contributed by atoms with Crippen molar-refractivity contribution in [2.75, 3.05) is 20.3 Å². The molecule has 1 unspecified atom stereocenters. The Morgan fingerprint density at radius 1 is 1.63 bits per heavy atom. The van der Waals surface area contributed by atoms with Gasteiger partial charge in [-0.2, -0.15) is 5.10 Å². The lowest BCUT2D eigenvalue weighted by atomic mass is 9.96. The van der Waals surface area contributed by atoms with Crippen LogP contribution in [0.25, 0.3) is 0 Å². The lowest BCUT2D eigenvalue weighted by Crippen LogP contribution is -2.56. The molecule has 2 heterocycles. The summed E-state index contributed by atoms with van der Waals surface area (Å²) in [4.78, 5) is 18.2. The third-order valence-electron chi connectivity index (χ3n) is 3.79. The number of amides is 1. The lowest BCUT2D eigenvalue weighted by molar-refractivity contribution is -0.132. The molecule has 0 radical (unpaired) electrons. The molecule has 1 amide bonds. The van der Waals surface area contributed by atoms with Crippen LogP contribution in [0.1, 0.15) is 25.6 Å². The van der Waals surface area contributed by atoms with Crippen LogP contribution in [0.2, 0.25) is 0 Å². The normalized spacial score (nSPS) is 23.9. The topological polar surface area (TPSA) is 86.3 Å². The van der Waals surface area contributed by atoms with Gasteiger partial charge in [0.1, 0.15) is 17.7 Å². The Morgan fingerprint density at radius 3 is 3.05 bits per heavy atom. The summed E-state index contributed by atoms with van der Waals surface area (Å²) in [6, 6.07) is 0. The highest BCUT2D eigenvalue weighted by molar-refractivity contribution is 5.85. The number of carbonyl (C=O) groups is 1. The average Bonchev–Trinajstić information content (AvgIpc) is 2.98. The molecule has 2 rings (SSSR count). The summed E-state index contributed by atoms with van der Waals surface area (Å²) in [6.45, 7) is 4.49. The molecule has 0 bridgehead atoms. The number of primary amides is 1. The number of nitrogens with zero attached hydrogens (tertiary/aromatic N) is 4. The fraction of sp³-hybridized carbons (Fsp3) is 0.750. The first kappa shape index (κ1) is 14.0. The number of methoxy groups -OCH3 is 1. The second kappa shape index (κ2) is 5.66. The molecule has 1 fully saturated rings. The molecule has 7 heteroatoms. The molecule has 1 aliphatic rings. The van der Waals surface area contributed by atoms with Crippen molar-refractivity contribution in [1.82, 2.24) is 19.7 Å². The summed E-state index contributed by atoms with van der Waals surface area (Å²) in [7, 11) is 1.59. The van der Waals surface area contributed by atoms with Crippen molar-refractivity contribution in [3.05, 3.63) is 12.2 Å². The van der Waals surface area contributed by atoms with Gasteiger partial charge in [0.25, 0.3) is 0 Å². The summed E-state index contributed by atoms with van der Waals surface area (Å²) in [5.74, 6) is 0.528.